The summed E-state index contributed by atoms with van der Waals surface area (Å²) in [5.41, 5.74) is 1.09. The van der Waals surface area contributed by atoms with Crippen LogP contribution in [0.5, 0.6) is 0 Å². The SMILES string of the molecule is CSCCC(NC(=O)c1cc(Cl)nc(Cl)c1)c1nnc2ccccn12. The number of amides is 1. The molecule has 0 aliphatic carbocycles. The van der Waals surface area contributed by atoms with Crippen LogP contribution in [0.25, 0.3) is 5.65 Å². The molecule has 3 aromatic heterocycles. The van der Waals surface area contributed by atoms with Crippen molar-refractivity contribution in [2.45, 2.75) is 12.5 Å². The number of thioether (sulfide) groups is 1. The van der Waals surface area contributed by atoms with E-state index in [2.05, 4.69) is 20.5 Å². The number of nitrogens with zero attached hydrogens (tertiary/aromatic N) is 4. The second-order valence-corrected chi connectivity index (χ2v) is 7.06. The number of hydrogen-bond donors (Lipinski definition) is 1. The number of carbonyl (C=O) groups is 1. The van der Waals surface area contributed by atoms with Gasteiger partial charge in [0.25, 0.3) is 5.91 Å². The molecule has 3 aromatic rings. The van der Waals surface area contributed by atoms with Crippen molar-refractivity contribution < 1.29 is 4.79 Å². The Bertz CT molecular complexity index is 881. The van der Waals surface area contributed by atoms with E-state index in [0.29, 0.717) is 11.4 Å². The van der Waals surface area contributed by atoms with Crippen LogP contribution in [-0.2, 0) is 0 Å². The minimum atomic E-state index is -0.289. The van der Waals surface area contributed by atoms with Gasteiger partial charge in [0.15, 0.2) is 11.5 Å². The molecule has 130 valence electrons. The predicted molar refractivity (Wildman–Crippen MR) is 100 cm³/mol. The zero-order valence-corrected chi connectivity index (χ0v) is 15.6. The molecule has 0 aliphatic heterocycles. The number of carbonyl (C=O) groups excluding carboxylic acids is 1. The van der Waals surface area contributed by atoms with Gasteiger partial charge in [-0.2, -0.15) is 11.8 Å². The van der Waals surface area contributed by atoms with E-state index in [1.54, 1.807) is 11.8 Å². The van der Waals surface area contributed by atoms with E-state index in [-0.39, 0.29) is 22.3 Å². The van der Waals surface area contributed by atoms with Gasteiger partial charge in [-0.05, 0) is 42.7 Å². The van der Waals surface area contributed by atoms with Crippen LogP contribution in [0.3, 0.4) is 0 Å². The largest absolute Gasteiger partial charge is 0.342 e. The van der Waals surface area contributed by atoms with E-state index in [4.69, 9.17) is 23.2 Å². The third kappa shape index (κ3) is 4.23. The third-order valence-electron chi connectivity index (χ3n) is 3.59. The molecule has 3 heterocycles. The standard InChI is InChI=1S/C16H15Cl2N5OS/c1-25-7-5-11(15-22-21-14-4-2-3-6-23(14)15)19-16(24)10-8-12(17)20-13(18)9-10/h2-4,6,8-9,11H,5,7H2,1H3,(H,19,24). The fourth-order valence-electron chi connectivity index (χ4n) is 2.44. The first-order chi connectivity index (χ1) is 12.1. The molecule has 25 heavy (non-hydrogen) atoms. The highest BCUT2D eigenvalue weighted by molar-refractivity contribution is 7.98. The summed E-state index contributed by atoms with van der Waals surface area (Å²) in [6.07, 6.45) is 4.61. The summed E-state index contributed by atoms with van der Waals surface area (Å²) in [6, 6.07) is 8.34. The van der Waals surface area contributed by atoms with Gasteiger partial charge >= 0.3 is 0 Å². The Balaban J connectivity index is 1.89. The number of pyridine rings is 2. The van der Waals surface area contributed by atoms with E-state index in [0.717, 1.165) is 17.8 Å². The van der Waals surface area contributed by atoms with Crippen molar-refractivity contribution >= 4 is 46.5 Å². The predicted octanol–water partition coefficient (Wildman–Crippen LogP) is 3.66. The Kier molecular flexibility index (Phi) is 5.78. The maximum absolute atomic E-state index is 12.6. The van der Waals surface area contributed by atoms with E-state index in [1.807, 2.05) is 35.1 Å². The molecule has 9 heteroatoms. The molecule has 0 radical (unpaired) electrons. The molecular weight excluding hydrogens is 381 g/mol. The molecule has 0 saturated heterocycles. The molecule has 0 aromatic carbocycles. The van der Waals surface area contributed by atoms with Crippen LogP contribution in [0.4, 0.5) is 0 Å². The topological polar surface area (TPSA) is 72.2 Å². The Labute approximate surface area is 158 Å². The van der Waals surface area contributed by atoms with Gasteiger partial charge in [0.2, 0.25) is 0 Å². The van der Waals surface area contributed by atoms with Gasteiger partial charge in [0.1, 0.15) is 10.3 Å². The summed E-state index contributed by atoms with van der Waals surface area (Å²) >= 11 is 13.5. The van der Waals surface area contributed by atoms with Crippen LogP contribution >= 0.6 is 35.0 Å². The smallest absolute Gasteiger partial charge is 0.252 e. The van der Waals surface area contributed by atoms with Crippen molar-refractivity contribution in [3.63, 3.8) is 0 Å². The zero-order valence-electron chi connectivity index (χ0n) is 13.3. The van der Waals surface area contributed by atoms with Crippen LogP contribution < -0.4 is 5.32 Å². The van der Waals surface area contributed by atoms with Gasteiger partial charge in [-0.15, -0.1) is 10.2 Å². The lowest BCUT2D eigenvalue weighted by molar-refractivity contribution is 0.0933. The Morgan fingerprint density at radius 3 is 2.76 bits per heavy atom. The first kappa shape index (κ1) is 18.0. The number of aromatic nitrogens is 4. The quantitative estimate of drug-likeness (QED) is 0.644. The molecule has 3 rings (SSSR count). The van der Waals surface area contributed by atoms with Crippen LogP contribution in [0, 0.1) is 0 Å². The number of nitrogens with one attached hydrogen (secondary N) is 1. The van der Waals surface area contributed by atoms with Crippen LogP contribution in [-0.4, -0.2) is 37.5 Å². The highest BCUT2D eigenvalue weighted by Gasteiger charge is 2.21. The summed E-state index contributed by atoms with van der Waals surface area (Å²) < 4.78 is 1.87. The summed E-state index contributed by atoms with van der Waals surface area (Å²) in [7, 11) is 0. The lowest BCUT2D eigenvalue weighted by atomic mass is 10.1. The third-order valence-corrected chi connectivity index (χ3v) is 4.62. The summed E-state index contributed by atoms with van der Waals surface area (Å²) in [5.74, 6) is 1.26. The van der Waals surface area contributed by atoms with Gasteiger partial charge < -0.3 is 5.32 Å². The van der Waals surface area contributed by atoms with E-state index in [1.165, 1.54) is 12.1 Å². The molecule has 1 atom stereocenters. The average molecular weight is 396 g/mol. The fourth-order valence-corrected chi connectivity index (χ4v) is 3.37. The van der Waals surface area contributed by atoms with Crippen molar-refractivity contribution in [2.75, 3.05) is 12.0 Å². The Morgan fingerprint density at radius 2 is 2.04 bits per heavy atom. The Hall–Kier alpha value is -1.83. The molecule has 0 spiro atoms. The van der Waals surface area contributed by atoms with Crippen molar-refractivity contribution in [3.05, 3.63) is 58.2 Å². The van der Waals surface area contributed by atoms with Crippen molar-refractivity contribution in [1.82, 2.24) is 24.9 Å². The molecule has 0 bridgehead atoms. The fraction of sp³-hybridized carbons (Fsp3) is 0.250. The van der Waals surface area contributed by atoms with Gasteiger partial charge in [-0.1, -0.05) is 29.3 Å². The second-order valence-electron chi connectivity index (χ2n) is 5.30. The summed E-state index contributed by atoms with van der Waals surface area (Å²) in [6.45, 7) is 0. The normalized spacial score (nSPS) is 12.3. The molecular formula is C16H15Cl2N5OS. The zero-order chi connectivity index (χ0) is 17.8. The first-order valence-electron chi connectivity index (χ1n) is 7.51. The number of rotatable bonds is 6. The van der Waals surface area contributed by atoms with E-state index in [9.17, 15) is 4.79 Å². The molecule has 0 fully saturated rings. The first-order valence-corrected chi connectivity index (χ1v) is 9.66. The highest BCUT2D eigenvalue weighted by atomic mass is 35.5. The minimum absolute atomic E-state index is 0.172. The number of halogens is 2. The second kappa shape index (κ2) is 8.03. The molecule has 1 unspecified atom stereocenters. The number of fused-ring (bicyclic) bond motifs is 1. The maximum atomic E-state index is 12.6. The van der Waals surface area contributed by atoms with Crippen LogP contribution in [0.15, 0.2) is 36.5 Å². The van der Waals surface area contributed by atoms with Gasteiger partial charge in [0.05, 0.1) is 6.04 Å². The minimum Gasteiger partial charge on any atom is -0.342 e. The van der Waals surface area contributed by atoms with E-state index >= 15 is 0 Å². The summed E-state index contributed by atoms with van der Waals surface area (Å²) in [5, 5.41) is 11.8. The lowest BCUT2D eigenvalue weighted by Crippen LogP contribution is -2.30. The van der Waals surface area contributed by atoms with Crippen LogP contribution in [0.2, 0.25) is 10.3 Å². The van der Waals surface area contributed by atoms with E-state index < -0.39 is 0 Å². The van der Waals surface area contributed by atoms with Crippen molar-refractivity contribution in [1.29, 1.82) is 0 Å². The summed E-state index contributed by atoms with van der Waals surface area (Å²) in [4.78, 5) is 16.5. The monoisotopic (exact) mass is 395 g/mol. The average Bonchev–Trinajstić information content (AvgIpc) is 3.01. The molecule has 0 saturated carbocycles. The molecule has 6 nitrogen and oxygen atoms in total. The molecule has 1 amide bonds. The molecule has 0 aliphatic rings. The maximum Gasteiger partial charge on any atom is 0.252 e. The number of hydrogen-bond acceptors (Lipinski definition) is 5. The van der Waals surface area contributed by atoms with Crippen LogP contribution in [0.1, 0.15) is 28.6 Å². The van der Waals surface area contributed by atoms with Crippen molar-refractivity contribution in [2.24, 2.45) is 0 Å². The van der Waals surface area contributed by atoms with Crippen molar-refractivity contribution in [3.8, 4) is 0 Å². The highest BCUT2D eigenvalue weighted by Crippen LogP contribution is 2.20. The Morgan fingerprint density at radius 1 is 1.28 bits per heavy atom. The van der Waals surface area contributed by atoms with Gasteiger partial charge in [-0.25, -0.2) is 4.98 Å². The van der Waals surface area contributed by atoms with Gasteiger partial charge in [0, 0.05) is 11.8 Å². The van der Waals surface area contributed by atoms with Gasteiger partial charge in [-0.3, -0.25) is 9.20 Å². The molecule has 1 N–H and O–H groups in total. The lowest BCUT2D eigenvalue weighted by Gasteiger charge is -2.17.